The first-order valence-electron chi connectivity index (χ1n) is 5.34. The fourth-order valence-corrected chi connectivity index (χ4v) is 1.63. The van der Waals surface area contributed by atoms with Gasteiger partial charge in [-0.2, -0.15) is 0 Å². The number of amides is 1. The van der Waals surface area contributed by atoms with Gasteiger partial charge in [-0.05, 0) is 30.3 Å². The molecule has 0 aliphatic heterocycles. The van der Waals surface area contributed by atoms with Gasteiger partial charge in [-0.3, -0.25) is 15.6 Å². The van der Waals surface area contributed by atoms with Crippen molar-refractivity contribution in [3.05, 3.63) is 64.7 Å². The maximum Gasteiger partial charge on any atom is 0.271 e. The number of anilines is 1. The van der Waals surface area contributed by atoms with E-state index < -0.39 is 17.5 Å². The molecule has 2 aromatic rings. The predicted molar refractivity (Wildman–Crippen MR) is 68.9 cm³/mol. The third kappa shape index (κ3) is 3.20. The number of hydrazine groups is 1. The van der Waals surface area contributed by atoms with E-state index in [0.717, 1.165) is 12.1 Å². The van der Waals surface area contributed by atoms with E-state index in [9.17, 15) is 13.6 Å². The van der Waals surface area contributed by atoms with Crippen LogP contribution in [0, 0.1) is 11.6 Å². The third-order valence-corrected chi connectivity index (χ3v) is 2.69. The minimum atomic E-state index is -0.659. The molecular formula is C13H9ClF2N2O. The van der Waals surface area contributed by atoms with Crippen molar-refractivity contribution >= 4 is 23.2 Å². The van der Waals surface area contributed by atoms with Crippen molar-refractivity contribution in [2.45, 2.75) is 0 Å². The summed E-state index contributed by atoms with van der Waals surface area (Å²) in [7, 11) is 0. The summed E-state index contributed by atoms with van der Waals surface area (Å²) in [4.78, 5) is 11.8. The van der Waals surface area contributed by atoms with Crippen molar-refractivity contribution in [2.24, 2.45) is 0 Å². The number of carbonyl (C=O) groups is 1. The molecule has 0 atom stereocenters. The number of carbonyl (C=O) groups excluding carboxylic acids is 1. The number of para-hydroxylation sites is 1. The van der Waals surface area contributed by atoms with Crippen molar-refractivity contribution in [1.29, 1.82) is 0 Å². The predicted octanol–water partition coefficient (Wildman–Crippen LogP) is 3.38. The third-order valence-electron chi connectivity index (χ3n) is 2.36. The van der Waals surface area contributed by atoms with Crippen LogP contribution in [0.1, 0.15) is 10.4 Å². The Balaban J connectivity index is 2.10. The lowest BCUT2D eigenvalue weighted by Crippen LogP contribution is -2.30. The number of nitrogens with one attached hydrogen (secondary N) is 2. The largest absolute Gasteiger partial charge is 0.295 e. The molecule has 0 aliphatic carbocycles. The Labute approximate surface area is 113 Å². The molecule has 0 bridgehead atoms. The van der Waals surface area contributed by atoms with Gasteiger partial charge in [-0.1, -0.05) is 23.7 Å². The van der Waals surface area contributed by atoms with Crippen LogP contribution in [0.2, 0.25) is 5.02 Å². The van der Waals surface area contributed by atoms with Crippen molar-refractivity contribution in [3.8, 4) is 0 Å². The van der Waals surface area contributed by atoms with Gasteiger partial charge in [0, 0.05) is 0 Å². The molecule has 0 saturated heterocycles. The molecular weight excluding hydrogens is 274 g/mol. The van der Waals surface area contributed by atoms with Crippen molar-refractivity contribution in [2.75, 3.05) is 5.43 Å². The summed E-state index contributed by atoms with van der Waals surface area (Å²) in [6.07, 6.45) is 0. The molecule has 0 saturated carbocycles. The molecule has 0 radical (unpaired) electrons. The number of hydrogen-bond acceptors (Lipinski definition) is 2. The summed E-state index contributed by atoms with van der Waals surface area (Å²) in [5.74, 6) is -1.76. The zero-order valence-electron chi connectivity index (χ0n) is 9.58. The molecule has 2 rings (SSSR count). The Morgan fingerprint density at radius 3 is 2.58 bits per heavy atom. The van der Waals surface area contributed by atoms with E-state index >= 15 is 0 Å². The first-order valence-corrected chi connectivity index (χ1v) is 5.71. The maximum absolute atomic E-state index is 13.3. The SMILES string of the molecule is O=C(NNc1ccccc1F)c1cc(F)ccc1Cl. The molecule has 19 heavy (non-hydrogen) atoms. The first kappa shape index (κ1) is 13.3. The van der Waals surface area contributed by atoms with Crippen molar-refractivity contribution in [3.63, 3.8) is 0 Å². The van der Waals surface area contributed by atoms with E-state index in [1.165, 1.54) is 24.3 Å². The van der Waals surface area contributed by atoms with Crippen LogP contribution >= 0.6 is 11.6 Å². The van der Waals surface area contributed by atoms with Crippen LogP contribution in [0.4, 0.5) is 14.5 Å². The molecule has 6 heteroatoms. The molecule has 0 unspecified atom stereocenters. The first-order chi connectivity index (χ1) is 9.08. The van der Waals surface area contributed by atoms with E-state index in [0.29, 0.717) is 0 Å². The second-order valence-corrected chi connectivity index (χ2v) is 4.09. The summed E-state index contributed by atoms with van der Waals surface area (Å²) < 4.78 is 26.3. The molecule has 0 aliphatic rings. The molecule has 0 heterocycles. The number of halogens is 3. The zero-order valence-corrected chi connectivity index (χ0v) is 10.3. The van der Waals surface area contributed by atoms with E-state index in [1.54, 1.807) is 6.07 Å². The Kier molecular flexibility index (Phi) is 3.97. The lowest BCUT2D eigenvalue weighted by atomic mass is 10.2. The molecule has 0 fully saturated rings. The average molecular weight is 283 g/mol. The summed E-state index contributed by atoms with van der Waals surface area (Å²) in [6.45, 7) is 0. The topological polar surface area (TPSA) is 41.1 Å². The van der Waals surface area contributed by atoms with Crippen LogP contribution in [-0.2, 0) is 0 Å². The standard InChI is InChI=1S/C13H9ClF2N2O/c14-10-6-5-8(15)7-9(10)13(19)18-17-12-4-2-1-3-11(12)16/h1-7,17H,(H,18,19). The van der Waals surface area contributed by atoms with Gasteiger partial charge in [0.1, 0.15) is 11.6 Å². The van der Waals surface area contributed by atoms with Crippen LogP contribution in [0.3, 0.4) is 0 Å². The summed E-state index contributed by atoms with van der Waals surface area (Å²) in [5, 5.41) is 0.106. The van der Waals surface area contributed by atoms with Crippen LogP contribution < -0.4 is 10.9 Å². The fourth-order valence-electron chi connectivity index (χ4n) is 1.43. The van der Waals surface area contributed by atoms with Gasteiger partial charge in [0.2, 0.25) is 0 Å². The highest BCUT2D eigenvalue weighted by Gasteiger charge is 2.11. The molecule has 0 spiro atoms. The molecule has 2 aromatic carbocycles. The Morgan fingerprint density at radius 2 is 1.84 bits per heavy atom. The average Bonchev–Trinajstić information content (AvgIpc) is 2.40. The monoisotopic (exact) mass is 282 g/mol. The Hall–Kier alpha value is -2.14. The van der Waals surface area contributed by atoms with Gasteiger partial charge in [-0.15, -0.1) is 0 Å². The molecule has 2 N–H and O–H groups in total. The van der Waals surface area contributed by atoms with Crippen LogP contribution in [0.5, 0.6) is 0 Å². The fraction of sp³-hybridized carbons (Fsp3) is 0. The normalized spacial score (nSPS) is 10.1. The van der Waals surface area contributed by atoms with Crippen LogP contribution in [0.15, 0.2) is 42.5 Å². The lowest BCUT2D eigenvalue weighted by Gasteiger charge is -2.10. The maximum atomic E-state index is 13.3. The summed E-state index contributed by atoms with van der Waals surface area (Å²) >= 11 is 5.77. The highest BCUT2D eigenvalue weighted by Crippen LogP contribution is 2.17. The number of hydrogen-bond donors (Lipinski definition) is 2. The smallest absolute Gasteiger partial charge is 0.271 e. The second-order valence-electron chi connectivity index (χ2n) is 3.68. The van der Waals surface area contributed by atoms with Crippen molar-refractivity contribution in [1.82, 2.24) is 5.43 Å². The number of benzene rings is 2. The van der Waals surface area contributed by atoms with Crippen LogP contribution in [0.25, 0.3) is 0 Å². The van der Waals surface area contributed by atoms with Gasteiger partial charge in [0.05, 0.1) is 16.3 Å². The summed E-state index contributed by atoms with van der Waals surface area (Å²) in [5.41, 5.74) is 4.71. The van der Waals surface area contributed by atoms with E-state index in [-0.39, 0.29) is 16.3 Å². The van der Waals surface area contributed by atoms with Crippen molar-refractivity contribution < 1.29 is 13.6 Å². The summed E-state index contributed by atoms with van der Waals surface area (Å²) in [6, 6.07) is 9.23. The second kappa shape index (κ2) is 5.67. The minimum Gasteiger partial charge on any atom is -0.295 e. The van der Waals surface area contributed by atoms with E-state index in [2.05, 4.69) is 10.9 Å². The highest BCUT2D eigenvalue weighted by molar-refractivity contribution is 6.33. The van der Waals surface area contributed by atoms with Gasteiger partial charge >= 0.3 is 0 Å². The van der Waals surface area contributed by atoms with E-state index in [1.807, 2.05) is 0 Å². The number of rotatable bonds is 3. The Bertz CT molecular complexity index is 619. The molecule has 1 amide bonds. The minimum absolute atomic E-state index is 0.0366. The zero-order chi connectivity index (χ0) is 13.8. The van der Waals surface area contributed by atoms with Gasteiger partial charge in [-0.25, -0.2) is 8.78 Å². The molecule has 0 aromatic heterocycles. The van der Waals surface area contributed by atoms with Gasteiger partial charge in [0.25, 0.3) is 5.91 Å². The molecule has 3 nitrogen and oxygen atoms in total. The quantitative estimate of drug-likeness (QED) is 0.848. The molecule has 98 valence electrons. The van der Waals surface area contributed by atoms with Gasteiger partial charge < -0.3 is 0 Å². The van der Waals surface area contributed by atoms with Gasteiger partial charge in [0.15, 0.2) is 0 Å². The Morgan fingerprint density at radius 1 is 1.11 bits per heavy atom. The van der Waals surface area contributed by atoms with Crippen LogP contribution in [-0.4, -0.2) is 5.91 Å². The highest BCUT2D eigenvalue weighted by atomic mass is 35.5. The van der Waals surface area contributed by atoms with E-state index in [4.69, 9.17) is 11.6 Å². The lowest BCUT2D eigenvalue weighted by molar-refractivity contribution is 0.0962.